The van der Waals surface area contributed by atoms with E-state index >= 15 is 0 Å². The zero-order chi connectivity index (χ0) is 24.5. The average molecular weight is 460 g/mol. The van der Waals surface area contributed by atoms with Crippen molar-refractivity contribution in [2.75, 3.05) is 0 Å². The first kappa shape index (κ1) is 23.4. The molecule has 170 valence electrons. The number of rotatable bonds is 8. The van der Waals surface area contributed by atoms with Crippen molar-refractivity contribution in [3.63, 3.8) is 0 Å². The van der Waals surface area contributed by atoms with Crippen LogP contribution in [0.15, 0.2) is 83.0 Å². The molecule has 2 amide bonds. The number of nitro groups is 2. The highest BCUT2D eigenvalue weighted by Crippen LogP contribution is 2.16. The first-order chi connectivity index (χ1) is 16.4. The van der Waals surface area contributed by atoms with E-state index in [9.17, 15) is 29.8 Å². The number of nitrogens with zero attached hydrogens (tertiary/aromatic N) is 4. The molecule has 3 aromatic rings. The summed E-state index contributed by atoms with van der Waals surface area (Å²) in [6.07, 6.45) is 2.32. The van der Waals surface area contributed by atoms with Gasteiger partial charge in [-0.2, -0.15) is 10.2 Å². The number of nitro benzene ring substituents is 2. The number of carbonyl (C=O) groups is 2. The maximum Gasteiger partial charge on any atom is 0.278 e. The minimum atomic E-state index is -0.587. The second-order valence-corrected chi connectivity index (χ2v) is 6.61. The molecule has 0 aromatic heterocycles. The zero-order valence-corrected chi connectivity index (χ0v) is 17.3. The lowest BCUT2D eigenvalue weighted by Crippen LogP contribution is -2.19. The van der Waals surface area contributed by atoms with Crippen molar-refractivity contribution >= 4 is 35.6 Å². The molecular weight excluding hydrogens is 444 g/mol. The van der Waals surface area contributed by atoms with Gasteiger partial charge in [-0.25, -0.2) is 10.9 Å². The van der Waals surface area contributed by atoms with E-state index in [-0.39, 0.29) is 33.6 Å². The van der Waals surface area contributed by atoms with Gasteiger partial charge in [0, 0.05) is 23.3 Å². The van der Waals surface area contributed by atoms with E-state index in [4.69, 9.17) is 0 Å². The third kappa shape index (κ3) is 5.91. The third-order valence-corrected chi connectivity index (χ3v) is 4.42. The van der Waals surface area contributed by atoms with E-state index in [2.05, 4.69) is 21.1 Å². The second kappa shape index (κ2) is 10.9. The van der Waals surface area contributed by atoms with Crippen molar-refractivity contribution in [1.82, 2.24) is 10.9 Å². The van der Waals surface area contributed by atoms with Crippen LogP contribution < -0.4 is 10.9 Å². The number of nitrogens with one attached hydrogen (secondary N) is 2. The van der Waals surface area contributed by atoms with E-state index in [1.807, 2.05) is 0 Å². The summed E-state index contributed by atoms with van der Waals surface area (Å²) in [5, 5.41) is 29.5. The van der Waals surface area contributed by atoms with Crippen molar-refractivity contribution in [3.05, 3.63) is 115 Å². The summed E-state index contributed by atoms with van der Waals surface area (Å²) < 4.78 is 0. The number of benzene rings is 3. The van der Waals surface area contributed by atoms with Gasteiger partial charge in [-0.1, -0.05) is 24.3 Å². The topological polar surface area (TPSA) is 169 Å². The summed E-state index contributed by atoms with van der Waals surface area (Å²) >= 11 is 0. The maximum atomic E-state index is 12.2. The summed E-state index contributed by atoms with van der Waals surface area (Å²) in [5.41, 5.74) is 5.05. The molecule has 12 nitrogen and oxygen atoms in total. The molecule has 0 spiro atoms. The normalized spacial score (nSPS) is 10.8. The minimum absolute atomic E-state index is 0.152. The van der Waals surface area contributed by atoms with Gasteiger partial charge in [0.05, 0.1) is 33.4 Å². The molecule has 3 aromatic carbocycles. The highest BCUT2D eigenvalue weighted by atomic mass is 16.6. The molecule has 0 aliphatic rings. The average Bonchev–Trinajstić information content (AvgIpc) is 2.84. The van der Waals surface area contributed by atoms with Crippen molar-refractivity contribution < 1.29 is 19.4 Å². The molecule has 12 heteroatoms. The van der Waals surface area contributed by atoms with Crippen LogP contribution in [0, 0.1) is 20.2 Å². The van der Waals surface area contributed by atoms with Gasteiger partial charge in [-0.05, 0) is 36.4 Å². The molecule has 0 saturated heterocycles. The molecule has 0 heterocycles. The van der Waals surface area contributed by atoms with E-state index < -0.39 is 21.7 Å². The first-order valence-corrected chi connectivity index (χ1v) is 9.60. The fourth-order valence-corrected chi connectivity index (χ4v) is 2.75. The second-order valence-electron chi connectivity index (χ2n) is 6.61. The lowest BCUT2D eigenvalue weighted by molar-refractivity contribution is -0.385. The van der Waals surface area contributed by atoms with Crippen LogP contribution in [0.1, 0.15) is 31.8 Å². The van der Waals surface area contributed by atoms with E-state index in [1.54, 1.807) is 12.1 Å². The smallest absolute Gasteiger partial charge is 0.267 e. The lowest BCUT2D eigenvalue weighted by Gasteiger charge is -2.03. The molecule has 0 fully saturated rings. The molecule has 2 N–H and O–H groups in total. The number of hydrogen-bond acceptors (Lipinski definition) is 8. The molecule has 0 radical (unpaired) electrons. The van der Waals surface area contributed by atoms with E-state index in [1.165, 1.54) is 60.7 Å². The fraction of sp³-hybridized carbons (Fsp3) is 0. The molecule has 0 bridgehead atoms. The monoisotopic (exact) mass is 460 g/mol. The van der Waals surface area contributed by atoms with Crippen LogP contribution in [0.4, 0.5) is 11.4 Å². The van der Waals surface area contributed by atoms with Gasteiger partial charge < -0.3 is 0 Å². The quantitative estimate of drug-likeness (QED) is 0.297. The SMILES string of the molecule is O=C(N/N=C/c1ccccc1[N+](=O)[O-])c1ccc(C(=O)N/N=C/c2ccccc2[N+](=O)[O-])cc1. The Morgan fingerprint density at radius 3 is 1.35 bits per heavy atom. The van der Waals surface area contributed by atoms with Gasteiger partial charge in [-0.3, -0.25) is 29.8 Å². The van der Waals surface area contributed by atoms with Crippen LogP contribution in [0.5, 0.6) is 0 Å². The van der Waals surface area contributed by atoms with Gasteiger partial charge in [-0.15, -0.1) is 0 Å². The third-order valence-electron chi connectivity index (χ3n) is 4.42. The molecule has 0 unspecified atom stereocenters. The predicted octanol–water partition coefficient (Wildman–Crippen LogP) is 3.03. The van der Waals surface area contributed by atoms with Gasteiger partial charge in [0.15, 0.2) is 0 Å². The summed E-state index contributed by atoms with van der Waals surface area (Å²) in [6, 6.07) is 17.4. The number of hydrazone groups is 2. The summed E-state index contributed by atoms with van der Waals surface area (Å²) in [7, 11) is 0. The number of para-hydroxylation sites is 2. The molecule has 0 saturated carbocycles. The summed E-state index contributed by atoms with van der Waals surface area (Å²) in [5.74, 6) is -1.17. The number of carbonyl (C=O) groups excluding carboxylic acids is 2. The molecule has 0 aliphatic heterocycles. The summed E-state index contributed by atoms with van der Waals surface area (Å²) in [6.45, 7) is 0. The van der Waals surface area contributed by atoms with Gasteiger partial charge in [0.1, 0.15) is 0 Å². The summed E-state index contributed by atoms with van der Waals surface area (Å²) in [4.78, 5) is 45.3. The van der Waals surface area contributed by atoms with E-state index in [0.717, 1.165) is 12.4 Å². The Kier molecular flexibility index (Phi) is 7.47. The van der Waals surface area contributed by atoms with Crippen LogP contribution in [0.3, 0.4) is 0 Å². The lowest BCUT2D eigenvalue weighted by atomic mass is 10.1. The van der Waals surface area contributed by atoms with Gasteiger partial charge in [0.25, 0.3) is 23.2 Å². The number of hydrogen-bond donors (Lipinski definition) is 2. The predicted molar refractivity (Wildman–Crippen MR) is 123 cm³/mol. The molecule has 3 rings (SSSR count). The Bertz CT molecular complexity index is 1200. The Hall–Kier alpha value is -5.26. The highest BCUT2D eigenvalue weighted by Gasteiger charge is 2.12. The van der Waals surface area contributed by atoms with E-state index in [0.29, 0.717) is 0 Å². The number of amides is 2. The Labute approximate surface area is 191 Å². The van der Waals surface area contributed by atoms with Crippen LogP contribution in [0.2, 0.25) is 0 Å². The standard InChI is InChI=1S/C22H16N6O6/c29-21(25-23-13-17-5-1-3-7-19(17)27(31)32)15-9-11-16(12-10-15)22(30)26-24-14-18-6-2-4-8-20(18)28(33)34/h1-14H,(H,25,29)(H,26,30)/b23-13+,24-14+. The van der Waals surface area contributed by atoms with Crippen molar-refractivity contribution in [1.29, 1.82) is 0 Å². The van der Waals surface area contributed by atoms with Crippen LogP contribution in [-0.2, 0) is 0 Å². The molecular formula is C22H16N6O6. The Morgan fingerprint density at radius 1 is 0.647 bits per heavy atom. The molecule has 34 heavy (non-hydrogen) atoms. The first-order valence-electron chi connectivity index (χ1n) is 9.60. The van der Waals surface area contributed by atoms with Crippen molar-refractivity contribution in [2.24, 2.45) is 10.2 Å². The van der Waals surface area contributed by atoms with Crippen molar-refractivity contribution in [3.8, 4) is 0 Å². The van der Waals surface area contributed by atoms with Crippen LogP contribution >= 0.6 is 0 Å². The largest absolute Gasteiger partial charge is 0.278 e. The van der Waals surface area contributed by atoms with Crippen molar-refractivity contribution in [2.45, 2.75) is 0 Å². The molecule has 0 aliphatic carbocycles. The van der Waals surface area contributed by atoms with Crippen LogP contribution in [0.25, 0.3) is 0 Å². The molecule has 0 atom stereocenters. The van der Waals surface area contributed by atoms with Crippen LogP contribution in [-0.4, -0.2) is 34.1 Å². The minimum Gasteiger partial charge on any atom is -0.267 e. The Balaban J connectivity index is 1.59. The Morgan fingerprint density at radius 2 is 1.00 bits per heavy atom. The maximum absolute atomic E-state index is 12.2. The van der Waals surface area contributed by atoms with Gasteiger partial charge in [0.2, 0.25) is 0 Å². The highest BCUT2D eigenvalue weighted by molar-refractivity contribution is 5.98. The zero-order valence-electron chi connectivity index (χ0n) is 17.3. The fourth-order valence-electron chi connectivity index (χ4n) is 2.75. The van der Waals surface area contributed by atoms with Gasteiger partial charge >= 0.3 is 0 Å².